The molecule has 3 N–H and O–H groups in total. The van der Waals surface area contributed by atoms with Gasteiger partial charge in [0.05, 0.1) is 13.2 Å². The predicted octanol–water partition coefficient (Wildman–Crippen LogP) is -0.745. The molecule has 2 amide bonds. The highest BCUT2D eigenvalue weighted by atomic mass is 16.5. The molecule has 100 valence electrons. The lowest BCUT2D eigenvalue weighted by Crippen LogP contribution is -2.37. The maximum Gasteiger partial charge on any atom is 0.233 e. The van der Waals surface area contributed by atoms with E-state index >= 15 is 0 Å². The summed E-state index contributed by atoms with van der Waals surface area (Å²) in [5.41, 5.74) is 0. The molecule has 0 aliphatic rings. The van der Waals surface area contributed by atoms with Crippen LogP contribution in [0.2, 0.25) is 0 Å². The summed E-state index contributed by atoms with van der Waals surface area (Å²) < 4.78 is 4.83. The highest BCUT2D eigenvalue weighted by Gasteiger charge is 2.02. The third-order valence-electron chi connectivity index (χ3n) is 2.01. The Morgan fingerprint density at radius 1 is 1.06 bits per heavy atom. The third-order valence-corrected chi connectivity index (χ3v) is 2.01. The Balaban J connectivity index is 3.35. The van der Waals surface area contributed by atoms with Crippen molar-refractivity contribution in [3.63, 3.8) is 0 Å². The van der Waals surface area contributed by atoms with Crippen molar-refractivity contribution in [3.05, 3.63) is 0 Å². The second-order valence-electron chi connectivity index (χ2n) is 3.62. The molecule has 0 aromatic heterocycles. The molecule has 0 fully saturated rings. The van der Waals surface area contributed by atoms with Gasteiger partial charge in [-0.25, -0.2) is 0 Å². The molecule has 0 aliphatic heterocycles. The highest BCUT2D eigenvalue weighted by molar-refractivity contribution is 5.80. The van der Waals surface area contributed by atoms with Crippen LogP contribution in [-0.2, 0) is 14.3 Å². The van der Waals surface area contributed by atoms with Crippen LogP contribution >= 0.6 is 0 Å². The summed E-state index contributed by atoms with van der Waals surface area (Å²) in [4.78, 5) is 22.4. The molecule has 0 saturated carbocycles. The molecule has 6 heteroatoms. The van der Waals surface area contributed by atoms with E-state index in [2.05, 4.69) is 16.0 Å². The van der Waals surface area contributed by atoms with Gasteiger partial charge in [-0.1, -0.05) is 6.92 Å². The van der Waals surface area contributed by atoms with Gasteiger partial charge in [-0.15, -0.1) is 0 Å². The fourth-order valence-electron chi connectivity index (χ4n) is 1.11. The van der Waals surface area contributed by atoms with Crippen LogP contribution < -0.4 is 16.0 Å². The van der Waals surface area contributed by atoms with Crippen LogP contribution in [0.25, 0.3) is 0 Å². The summed E-state index contributed by atoms with van der Waals surface area (Å²) in [5.74, 6) is -0.135. The van der Waals surface area contributed by atoms with E-state index in [-0.39, 0.29) is 18.4 Å². The summed E-state index contributed by atoms with van der Waals surface area (Å²) in [6.07, 6.45) is 1.24. The number of carbonyl (C=O) groups excluding carboxylic acids is 2. The van der Waals surface area contributed by atoms with Gasteiger partial charge in [0.1, 0.15) is 0 Å². The molecule has 0 rings (SSSR count). The molecule has 17 heavy (non-hydrogen) atoms. The Kier molecular flexibility index (Phi) is 10.6. The molecule has 0 saturated heterocycles. The van der Waals surface area contributed by atoms with Gasteiger partial charge in [0.15, 0.2) is 0 Å². The van der Waals surface area contributed by atoms with Crippen LogP contribution in [0.4, 0.5) is 0 Å². The molecule has 6 nitrogen and oxygen atoms in total. The largest absolute Gasteiger partial charge is 0.383 e. The van der Waals surface area contributed by atoms with Crippen molar-refractivity contribution >= 4 is 11.8 Å². The van der Waals surface area contributed by atoms with Gasteiger partial charge < -0.3 is 20.7 Å². The maximum atomic E-state index is 11.3. The minimum atomic E-state index is -0.107. The van der Waals surface area contributed by atoms with E-state index in [1.807, 2.05) is 6.92 Å². The van der Waals surface area contributed by atoms with E-state index in [0.717, 1.165) is 6.42 Å². The Hall–Kier alpha value is -1.14. The predicted molar refractivity (Wildman–Crippen MR) is 65.7 cm³/mol. The Morgan fingerprint density at radius 3 is 2.41 bits per heavy atom. The number of carbonyl (C=O) groups is 2. The average Bonchev–Trinajstić information content (AvgIpc) is 2.32. The smallest absolute Gasteiger partial charge is 0.233 e. The first-order chi connectivity index (χ1) is 8.20. The zero-order chi connectivity index (χ0) is 12.9. The van der Waals surface area contributed by atoms with E-state index in [9.17, 15) is 9.59 Å². The van der Waals surface area contributed by atoms with Gasteiger partial charge in [-0.3, -0.25) is 9.59 Å². The van der Waals surface area contributed by atoms with Gasteiger partial charge in [0.2, 0.25) is 11.8 Å². The minimum Gasteiger partial charge on any atom is -0.383 e. The van der Waals surface area contributed by atoms with Gasteiger partial charge in [0.25, 0.3) is 0 Å². The van der Waals surface area contributed by atoms with E-state index in [4.69, 9.17) is 4.74 Å². The summed E-state index contributed by atoms with van der Waals surface area (Å²) in [5, 5.41) is 8.33. The maximum absolute atomic E-state index is 11.3. The van der Waals surface area contributed by atoms with Crippen molar-refractivity contribution in [1.82, 2.24) is 16.0 Å². The first kappa shape index (κ1) is 15.9. The molecule has 0 bridgehead atoms. The third kappa shape index (κ3) is 11.1. The number of nitrogens with one attached hydrogen (secondary N) is 3. The Bertz CT molecular complexity index is 222. The SMILES string of the molecule is CCCNC(=O)CCNC(=O)CNCCOC. The topological polar surface area (TPSA) is 79.5 Å². The second kappa shape index (κ2) is 11.3. The summed E-state index contributed by atoms with van der Waals surface area (Å²) in [6, 6.07) is 0. The molecule has 0 radical (unpaired) electrons. The Morgan fingerprint density at radius 2 is 1.76 bits per heavy atom. The van der Waals surface area contributed by atoms with Crippen LogP contribution in [0.3, 0.4) is 0 Å². The first-order valence-corrected chi connectivity index (χ1v) is 5.93. The fraction of sp³-hybridized carbons (Fsp3) is 0.818. The van der Waals surface area contributed by atoms with Crippen molar-refractivity contribution in [1.29, 1.82) is 0 Å². The van der Waals surface area contributed by atoms with Crippen molar-refractivity contribution in [2.24, 2.45) is 0 Å². The van der Waals surface area contributed by atoms with Gasteiger partial charge >= 0.3 is 0 Å². The van der Waals surface area contributed by atoms with E-state index < -0.39 is 0 Å². The average molecular weight is 245 g/mol. The molecule has 0 spiro atoms. The van der Waals surface area contributed by atoms with Gasteiger partial charge in [0, 0.05) is 33.2 Å². The number of methoxy groups -OCH3 is 1. The van der Waals surface area contributed by atoms with Crippen molar-refractivity contribution in [2.45, 2.75) is 19.8 Å². The molecule has 0 heterocycles. The quantitative estimate of drug-likeness (QED) is 0.443. The Labute approximate surface area is 102 Å². The first-order valence-electron chi connectivity index (χ1n) is 5.93. The summed E-state index contributed by atoms with van der Waals surface area (Å²) >= 11 is 0. The van der Waals surface area contributed by atoms with Crippen LogP contribution in [-0.4, -0.2) is 51.7 Å². The molecule has 0 aromatic carbocycles. The molecule has 0 aromatic rings. The number of ether oxygens (including phenoxy) is 1. The zero-order valence-corrected chi connectivity index (χ0v) is 10.7. The standard InChI is InChI=1S/C11H23N3O3/c1-3-5-13-10(15)4-6-14-11(16)9-12-7-8-17-2/h12H,3-9H2,1-2H3,(H,13,15)(H,14,16). The zero-order valence-electron chi connectivity index (χ0n) is 10.7. The van der Waals surface area contributed by atoms with Crippen LogP contribution in [0.1, 0.15) is 19.8 Å². The van der Waals surface area contributed by atoms with Crippen LogP contribution in [0.15, 0.2) is 0 Å². The van der Waals surface area contributed by atoms with Crippen molar-refractivity contribution in [3.8, 4) is 0 Å². The minimum absolute atomic E-state index is 0.0282. The fourth-order valence-corrected chi connectivity index (χ4v) is 1.11. The van der Waals surface area contributed by atoms with Crippen LogP contribution in [0.5, 0.6) is 0 Å². The number of amides is 2. The molecule has 0 unspecified atom stereocenters. The number of rotatable bonds is 10. The van der Waals surface area contributed by atoms with Gasteiger partial charge in [-0.05, 0) is 6.42 Å². The van der Waals surface area contributed by atoms with Crippen molar-refractivity contribution in [2.75, 3.05) is 39.9 Å². The van der Waals surface area contributed by atoms with E-state index in [1.54, 1.807) is 7.11 Å². The molecule has 0 atom stereocenters. The van der Waals surface area contributed by atoms with E-state index in [0.29, 0.717) is 32.7 Å². The highest BCUT2D eigenvalue weighted by Crippen LogP contribution is 1.79. The molecular formula is C11H23N3O3. The normalized spacial score (nSPS) is 10.0. The monoisotopic (exact) mass is 245 g/mol. The second-order valence-corrected chi connectivity index (χ2v) is 3.62. The lowest BCUT2D eigenvalue weighted by Gasteiger charge is -2.06. The van der Waals surface area contributed by atoms with E-state index in [1.165, 1.54) is 0 Å². The summed E-state index contributed by atoms with van der Waals surface area (Å²) in [7, 11) is 1.61. The van der Waals surface area contributed by atoms with Crippen molar-refractivity contribution < 1.29 is 14.3 Å². The molecule has 0 aliphatic carbocycles. The lowest BCUT2D eigenvalue weighted by atomic mass is 10.3. The summed E-state index contributed by atoms with van der Waals surface area (Å²) in [6.45, 7) is 4.52. The lowest BCUT2D eigenvalue weighted by molar-refractivity contribution is -0.121. The molecular weight excluding hydrogens is 222 g/mol. The van der Waals surface area contributed by atoms with Gasteiger partial charge in [-0.2, -0.15) is 0 Å². The number of hydrogen-bond acceptors (Lipinski definition) is 4. The number of hydrogen-bond donors (Lipinski definition) is 3. The van der Waals surface area contributed by atoms with Crippen LogP contribution in [0, 0.1) is 0 Å².